The highest BCUT2D eigenvalue weighted by molar-refractivity contribution is 7.90. The lowest BCUT2D eigenvalue weighted by molar-refractivity contribution is 0.165. The van der Waals surface area contributed by atoms with Crippen molar-refractivity contribution in [2.75, 3.05) is 18.6 Å². The van der Waals surface area contributed by atoms with Crippen LogP contribution in [0.1, 0.15) is 52.9 Å². The number of sulfone groups is 1. The van der Waals surface area contributed by atoms with Crippen LogP contribution in [0.3, 0.4) is 0 Å². The fraction of sp³-hybridized carbons (Fsp3) is 1.00. The second-order valence-electron chi connectivity index (χ2n) is 6.56. The second-order valence-corrected chi connectivity index (χ2v) is 8.82. The third-order valence-corrected chi connectivity index (χ3v) is 5.46. The average molecular weight is 289 g/mol. The zero-order valence-electron chi connectivity index (χ0n) is 13.0. The van der Waals surface area contributed by atoms with E-state index < -0.39 is 9.84 Å². The monoisotopic (exact) mass is 289 g/mol. The highest BCUT2D eigenvalue weighted by Crippen LogP contribution is 2.35. The van der Waals surface area contributed by atoms with Gasteiger partial charge in [0.05, 0.1) is 5.75 Å². The molecule has 3 atom stereocenters. The van der Waals surface area contributed by atoms with Crippen LogP contribution < -0.4 is 5.32 Å². The molecule has 1 fully saturated rings. The topological polar surface area (TPSA) is 46.2 Å². The van der Waals surface area contributed by atoms with Crippen molar-refractivity contribution in [3.05, 3.63) is 0 Å². The van der Waals surface area contributed by atoms with E-state index in [-0.39, 0.29) is 0 Å². The predicted molar refractivity (Wildman–Crippen MR) is 82.1 cm³/mol. The van der Waals surface area contributed by atoms with Gasteiger partial charge in [0, 0.05) is 12.3 Å². The molecule has 1 rings (SSSR count). The first-order valence-electron chi connectivity index (χ1n) is 7.74. The number of hydrogen-bond donors (Lipinski definition) is 1. The Kier molecular flexibility index (Phi) is 6.81. The van der Waals surface area contributed by atoms with E-state index in [2.05, 4.69) is 26.1 Å². The van der Waals surface area contributed by atoms with Gasteiger partial charge in [0.25, 0.3) is 0 Å². The molecule has 0 saturated heterocycles. The lowest BCUT2D eigenvalue weighted by Crippen LogP contribution is -2.42. The van der Waals surface area contributed by atoms with Crippen molar-refractivity contribution in [3.63, 3.8) is 0 Å². The molecule has 0 spiro atoms. The van der Waals surface area contributed by atoms with Crippen LogP contribution in [0.2, 0.25) is 0 Å². The van der Waals surface area contributed by atoms with Gasteiger partial charge < -0.3 is 5.32 Å². The first-order valence-corrected chi connectivity index (χ1v) is 9.80. The SMILES string of the molecule is CCCNC1CCC(C(C)C)CC1CCS(C)(=O)=O. The van der Waals surface area contributed by atoms with E-state index in [1.165, 1.54) is 25.5 Å². The Balaban J connectivity index is 2.59. The Hall–Kier alpha value is -0.0900. The summed E-state index contributed by atoms with van der Waals surface area (Å²) >= 11 is 0. The smallest absolute Gasteiger partial charge is 0.147 e. The molecule has 114 valence electrons. The summed E-state index contributed by atoms with van der Waals surface area (Å²) in [6, 6.07) is 0.525. The summed E-state index contributed by atoms with van der Waals surface area (Å²) in [4.78, 5) is 0. The molecule has 0 heterocycles. The zero-order chi connectivity index (χ0) is 14.5. The molecule has 0 bridgehead atoms. The zero-order valence-corrected chi connectivity index (χ0v) is 13.8. The number of rotatable bonds is 7. The maximum Gasteiger partial charge on any atom is 0.147 e. The average Bonchev–Trinajstić information content (AvgIpc) is 2.33. The molecule has 0 amide bonds. The molecule has 1 aliphatic rings. The van der Waals surface area contributed by atoms with E-state index >= 15 is 0 Å². The van der Waals surface area contributed by atoms with Crippen LogP contribution in [0.25, 0.3) is 0 Å². The molecule has 1 N–H and O–H groups in total. The van der Waals surface area contributed by atoms with E-state index in [4.69, 9.17) is 0 Å². The van der Waals surface area contributed by atoms with Gasteiger partial charge in [-0.3, -0.25) is 0 Å². The summed E-state index contributed by atoms with van der Waals surface area (Å²) < 4.78 is 22.8. The standard InChI is InChI=1S/C15H31NO2S/c1-5-9-16-15-7-6-13(12(2)3)11-14(15)8-10-19(4,17)18/h12-16H,5-11H2,1-4H3. The van der Waals surface area contributed by atoms with Gasteiger partial charge in [0.2, 0.25) is 0 Å². The normalized spacial score (nSPS) is 28.8. The van der Waals surface area contributed by atoms with Crippen LogP contribution in [0.4, 0.5) is 0 Å². The van der Waals surface area contributed by atoms with Gasteiger partial charge in [0.1, 0.15) is 9.84 Å². The van der Waals surface area contributed by atoms with Crippen LogP contribution in [-0.4, -0.2) is 33.0 Å². The Morgan fingerprint density at radius 3 is 2.47 bits per heavy atom. The maximum atomic E-state index is 11.4. The van der Waals surface area contributed by atoms with Crippen molar-refractivity contribution in [1.82, 2.24) is 5.32 Å². The molecule has 0 aliphatic heterocycles. The summed E-state index contributed by atoms with van der Waals surface area (Å²) in [5, 5.41) is 3.62. The van der Waals surface area contributed by atoms with Gasteiger partial charge in [0.15, 0.2) is 0 Å². The summed E-state index contributed by atoms with van der Waals surface area (Å²) in [6.07, 6.45) is 7.00. The van der Waals surface area contributed by atoms with Crippen molar-refractivity contribution in [1.29, 1.82) is 0 Å². The van der Waals surface area contributed by atoms with Crippen LogP contribution >= 0.6 is 0 Å². The van der Waals surface area contributed by atoms with Crippen LogP contribution in [0.5, 0.6) is 0 Å². The first-order chi connectivity index (χ1) is 8.83. The van der Waals surface area contributed by atoms with Gasteiger partial charge >= 0.3 is 0 Å². The highest BCUT2D eigenvalue weighted by Gasteiger charge is 2.31. The predicted octanol–water partition coefficient (Wildman–Crippen LogP) is 2.86. The van der Waals surface area contributed by atoms with Crippen LogP contribution in [0, 0.1) is 17.8 Å². The molecule has 0 aromatic heterocycles. The lowest BCUT2D eigenvalue weighted by atomic mass is 9.72. The molecular formula is C15H31NO2S. The first kappa shape index (κ1) is 17.0. The lowest BCUT2D eigenvalue weighted by Gasteiger charge is -2.38. The van der Waals surface area contributed by atoms with E-state index in [9.17, 15) is 8.42 Å². The third-order valence-electron chi connectivity index (χ3n) is 4.48. The van der Waals surface area contributed by atoms with Crippen molar-refractivity contribution in [2.24, 2.45) is 17.8 Å². The molecule has 4 heteroatoms. The minimum atomic E-state index is -2.83. The van der Waals surface area contributed by atoms with E-state index in [1.807, 2.05) is 0 Å². The minimum Gasteiger partial charge on any atom is -0.314 e. The van der Waals surface area contributed by atoms with Crippen molar-refractivity contribution < 1.29 is 8.42 Å². The minimum absolute atomic E-state index is 0.340. The summed E-state index contributed by atoms with van der Waals surface area (Å²) in [5.41, 5.74) is 0. The Morgan fingerprint density at radius 1 is 1.26 bits per heavy atom. The van der Waals surface area contributed by atoms with E-state index in [0.717, 1.165) is 25.3 Å². The van der Waals surface area contributed by atoms with Crippen LogP contribution in [-0.2, 0) is 9.84 Å². The molecule has 1 aliphatic carbocycles. The molecule has 0 radical (unpaired) electrons. The van der Waals surface area contributed by atoms with Crippen molar-refractivity contribution in [3.8, 4) is 0 Å². The van der Waals surface area contributed by atoms with Crippen molar-refractivity contribution >= 4 is 9.84 Å². The van der Waals surface area contributed by atoms with Gasteiger partial charge in [-0.25, -0.2) is 8.42 Å². The van der Waals surface area contributed by atoms with Gasteiger partial charge in [-0.1, -0.05) is 20.8 Å². The molecule has 19 heavy (non-hydrogen) atoms. The number of nitrogens with one attached hydrogen (secondary N) is 1. The van der Waals surface area contributed by atoms with Gasteiger partial charge in [-0.05, 0) is 56.4 Å². The molecule has 1 saturated carbocycles. The third kappa shape index (κ3) is 6.26. The highest BCUT2D eigenvalue weighted by atomic mass is 32.2. The molecule has 0 aromatic rings. The van der Waals surface area contributed by atoms with Crippen molar-refractivity contribution in [2.45, 2.75) is 58.9 Å². The van der Waals surface area contributed by atoms with Gasteiger partial charge in [-0.15, -0.1) is 0 Å². The molecule has 3 nitrogen and oxygen atoms in total. The Bertz CT molecular complexity index is 351. The maximum absolute atomic E-state index is 11.4. The molecule has 0 aromatic carbocycles. The van der Waals surface area contributed by atoms with E-state index in [0.29, 0.717) is 23.6 Å². The summed E-state index contributed by atoms with van der Waals surface area (Å²) in [7, 11) is -2.83. The number of hydrogen-bond acceptors (Lipinski definition) is 3. The van der Waals surface area contributed by atoms with Gasteiger partial charge in [-0.2, -0.15) is 0 Å². The summed E-state index contributed by atoms with van der Waals surface area (Å²) in [6.45, 7) is 7.81. The largest absolute Gasteiger partial charge is 0.314 e. The van der Waals surface area contributed by atoms with Crippen LogP contribution in [0.15, 0.2) is 0 Å². The Morgan fingerprint density at radius 2 is 1.95 bits per heavy atom. The fourth-order valence-electron chi connectivity index (χ4n) is 3.19. The summed E-state index contributed by atoms with van der Waals surface area (Å²) in [5.74, 6) is 2.35. The Labute approximate surface area is 119 Å². The van der Waals surface area contributed by atoms with E-state index in [1.54, 1.807) is 0 Å². The molecule has 3 unspecified atom stereocenters. The fourth-order valence-corrected chi connectivity index (χ4v) is 3.92. The quantitative estimate of drug-likeness (QED) is 0.784. The second kappa shape index (κ2) is 7.63. The molecular weight excluding hydrogens is 258 g/mol.